The van der Waals surface area contributed by atoms with Crippen molar-refractivity contribution in [2.75, 3.05) is 27.9 Å². The van der Waals surface area contributed by atoms with Crippen molar-refractivity contribution in [3.63, 3.8) is 0 Å². The van der Waals surface area contributed by atoms with Crippen LogP contribution in [0.2, 0.25) is 0 Å². The van der Waals surface area contributed by atoms with Gasteiger partial charge in [0, 0.05) is 28.3 Å². The van der Waals surface area contributed by atoms with Crippen molar-refractivity contribution < 1.29 is 28.8 Å². The Morgan fingerprint density at radius 2 is 1.89 bits per heavy atom. The van der Waals surface area contributed by atoms with Crippen LogP contribution in [0.3, 0.4) is 0 Å². The molecule has 7 heteroatoms. The van der Waals surface area contributed by atoms with Gasteiger partial charge in [-0.05, 0) is 0 Å². The summed E-state index contributed by atoms with van der Waals surface area (Å²) in [4.78, 5) is 11.1. The van der Waals surface area contributed by atoms with Crippen LogP contribution in [-0.2, 0) is 23.7 Å². The van der Waals surface area contributed by atoms with E-state index in [1.165, 1.54) is 28.3 Å². The number of ether oxygens (including phenoxy) is 4. The second kappa shape index (κ2) is 7.01. The van der Waals surface area contributed by atoms with Gasteiger partial charge in [-0.15, -0.1) is 0 Å². The lowest BCUT2D eigenvalue weighted by Crippen LogP contribution is -2.65. The molecule has 1 amide bonds. The molecule has 0 aromatic carbocycles. The normalized spacial score (nSPS) is 36.4. The van der Waals surface area contributed by atoms with E-state index in [1.54, 1.807) is 0 Å². The summed E-state index contributed by atoms with van der Waals surface area (Å²) in [7, 11) is 4.54. The zero-order chi connectivity index (χ0) is 13.7. The van der Waals surface area contributed by atoms with Gasteiger partial charge < -0.3 is 29.4 Å². The zero-order valence-corrected chi connectivity index (χ0v) is 11.1. The van der Waals surface area contributed by atoms with Gasteiger partial charge in [-0.3, -0.25) is 4.79 Å². The smallest absolute Gasteiger partial charge is 0.217 e. The standard InChI is InChI=1S/C11H21NO6/c1-6(13)12-8-10(17-4)9(16-3)7(5-15-2)18-11(8)14/h7-11,14H,5H2,1-4H3,(H,12,13). The maximum absolute atomic E-state index is 11.1. The van der Waals surface area contributed by atoms with Crippen molar-refractivity contribution in [2.24, 2.45) is 0 Å². The molecule has 1 rings (SSSR count). The molecule has 0 aromatic rings. The molecule has 1 aliphatic heterocycles. The van der Waals surface area contributed by atoms with Crippen molar-refractivity contribution in [3.8, 4) is 0 Å². The van der Waals surface area contributed by atoms with Crippen molar-refractivity contribution in [1.82, 2.24) is 5.32 Å². The van der Waals surface area contributed by atoms with Crippen molar-refractivity contribution in [3.05, 3.63) is 0 Å². The molecule has 0 aromatic heterocycles. The molecule has 106 valence electrons. The summed E-state index contributed by atoms with van der Waals surface area (Å²) in [6.45, 7) is 1.63. The van der Waals surface area contributed by atoms with Crippen LogP contribution in [0.1, 0.15) is 6.92 Å². The number of carbonyl (C=O) groups excluding carboxylic acids is 1. The maximum Gasteiger partial charge on any atom is 0.217 e. The number of aliphatic hydroxyl groups is 1. The van der Waals surface area contributed by atoms with Gasteiger partial charge >= 0.3 is 0 Å². The van der Waals surface area contributed by atoms with E-state index in [2.05, 4.69) is 5.32 Å². The van der Waals surface area contributed by atoms with E-state index in [-0.39, 0.29) is 12.5 Å². The molecule has 1 aliphatic rings. The molecule has 0 aliphatic carbocycles. The fraction of sp³-hybridized carbons (Fsp3) is 0.909. The van der Waals surface area contributed by atoms with Crippen LogP contribution in [0.25, 0.3) is 0 Å². The second-order valence-electron chi connectivity index (χ2n) is 4.15. The summed E-state index contributed by atoms with van der Waals surface area (Å²) in [5, 5.41) is 12.5. The van der Waals surface area contributed by atoms with Crippen molar-refractivity contribution >= 4 is 5.91 Å². The van der Waals surface area contributed by atoms with Gasteiger partial charge in [0.15, 0.2) is 6.29 Å². The summed E-state index contributed by atoms with van der Waals surface area (Å²) in [6.07, 6.45) is -2.56. The van der Waals surface area contributed by atoms with Gasteiger partial charge in [0.25, 0.3) is 0 Å². The monoisotopic (exact) mass is 263 g/mol. The van der Waals surface area contributed by atoms with E-state index in [4.69, 9.17) is 18.9 Å². The molecule has 7 nitrogen and oxygen atoms in total. The molecule has 0 saturated carbocycles. The second-order valence-corrected chi connectivity index (χ2v) is 4.15. The zero-order valence-electron chi connectivity index (χ0n) is 11.1. The molecule has 1 heterocycles. The highest BCUT2D eigenvalue weighted by Gasteiger charge is 2.46. The number of nitrogens with one attached hydrogen (secondary N) is 1. The van der Waals surface area contributed by atoms with Gasteiger partial charge in [-0.25, -0.2) is 0 Å². The topological polar surface area (TPSA) is 86.2 Å². The number of rotatable bonds is 5. The first kappa shape index (κ1) is 15.3. The fourth-order valence-electron chi connectivity index (χ4n) is 2.17. The average molecular weight is 263 g/mol. The largest absolute Gasteiger partial charge is 0.382 e. The minimum absolute atomic E-state index is 0.266. The predicted octanol–water partition coefficient (Wildman–Crippen LogP) is -1.12. The minimum Gasteiger partial charge on any atom is -0.382 e. The first-order valence-electron chi connectivity index (χ1n) is 5.70. The van der Waals surface area contributed by atoms with Crippen LogP contribution in [0.5, 0.6) is 0 Å². The van der Waals surface area contributed by atoms with E-state index < -0.39 is 30.6 Å². The van der Waals surface area contributed by atoms with Crippen molar-refractivity contribution in [2.45, 2.75) is 37.6 Å². The molecular formula is C11H21NO6. The summed E-state index contributed by atoms with van der Waals surface area (Å²) < 4.78 is 21.0. The summed E-state index contributed by atoms with van der Waals surface area (Å²) in [5.41, 5.74) is 0. The Morgan fingerprint density at radius 1 is 1.28 bits per heavy atom. The van der Waals surface area contributed by atoms with Crippen LogP contribution < -0.4 is 5.32 Å². The fourth-order valence-corrected chi connectivity index (χ4v) is 2.17. The Bertz CT molecular complexity index is 274. The van der Waals surface area contributed by atoms with Gasteiger partial charge in [0.1, 0.15) is 24.4 Å². The van der Waals surface area contributed by atoms with E-state index in [1.807, 2.05) is 0 Å². The quantitative estimate of drug-likeness (QED) is 0.654. The Kier molecular flexibility index (Phi) is 5.97. The lowest BCUT2D eigenvalue weighted by molar-refractivity contribution is -0.264. The van der Waals surface area contributed by atoms with Gasteiger partial charge in [0.05, 0.1) is 6.61 Å². The lowest BCUT2D eigenvalue weighted by Gasteiger charge is -2.43. The van der Waals surface area contributed by atoms with Crippen LogP contribution in [-0.4, -0.2) is 69.6 Å². The molecule has 5 atom stereocenters. The highest BCUT2D eigenvalue weighted by atomic mass is 16.6. The molecule has 0 bridgehead atoms. The average Bonchev–Trinajstić information content (AvgIpc) is 2.31. The van der Waals surface area contributed by atoms with Crippen LogP contribution in [0.15, 0.2) is 0 Å². The Balaban J connectivity index is 2.85. The van der Waals surface area contributed by atoms with Gasteiger partial charge in [-0.1, -0.05) is 0 Å². The van der Waals surface area contributed by atoms with Crippen LogP contribution >= 0.6 is 0 Å². The molecule has 0 radical (unpaired) electrons. The van der Waals surface area contributed by atoms with Crippen LogP contribution in [0, 0.1) is 0 Å². The summed E-state index contributed by atoms with van der Waals surface area (Å²) >= 11 is 0. The van der Waals surface area contributed by atoms with E-state index in [0.717, 1.165) is 0 Å². The van der Waals surface area contributed by atoms with Gasteiger partial charge in [-0.2, -0.15) is 0 Å². The molecular weight excluding hydrogens is 242 g/mol. The Morgan fingerprint density at radius 3 is 2.33 bits per heavy atom. The number of methoxy groups -OCH3 is 3. The molecule has 1 fully saturated rings. The van der Waals surface area contributed by atoms with Gasteiger partial charge in [0.2, 0.25) is 5.91 Å². The highest BCUT2D eigenvalue weighted by molar-refractivity contribution is 5.73. The van der Waals surface area contributed by atoms with E-state index >= 15 is 0 Å². The number of hydrogen-bond acceptors (Lipinski definition) is 6. The van der Waals surface area contributed by atoms with Crippen molar-refractivity contribution in [1.29, 1.82) is 0 Å². The number of carbonyl (C=O) groups is 1. The Labute approximate surface area is 106 Å². The number of hydrogen-bond donors (Lipinski definition) is 2. The molecule has 18 heavy (non-hydrogen) atoms. The summed E-state index contributed by atoms with van der Waals surface area (Å²) in [6, 6.07) is -0.675. The third-order valence-electron chi connectivity index (χ3n) is 2.91. The molecule has 5 unspecified atom stereocenters. The minimum atomic E-state index is -1.16. The molecule has 2 N–H and O–H groups in total. The first-order valence-corrected chi connectivity index (χ1v) is 5.70. The maximum atomic E-state index is 11.1. The van der Waals surface area contributed by atoms with E-state index in [0.29, 0.717) is 0 Å². The van der Waals surface area contributed by atoms with Crippen LogP contribution in [0.4, 0.5) is 0 Å². The predicted molar refractivity (Wildman–Crippen MR) is 62.0 cm³/mol. The number of aliphatic hydroxyl groups excluding tert-OH is 1. The molecule has 1 saturated heterocycles. The van der Waals surface area contributed by atoms with E-state index in [9.17, 15) is 9.90 Å². The summed E-state index contributed by atoms with van der Waals surface area (Å²) in [5.74, 6) is -0.273. The Hall–Kier alpha value is -0.730. The SMILES string of the molecule is COCC1OC(O)C(NC(C)=O)C(OC)C1OC. The third kappa shape index (κ3) is 3.39. The highest BCUT2D eigenvalue weighted by Crippen LogP contribution is 2.24. The number of amides is 1. The lowest BCUT2D eigenvalue weighted by atomic mass is 9.96. The molecule has 0 spiro atoms. The third-order valence-corrected chi connectivity index (χ3v) is 2.91. The first-order chi connectivity index (χ1) is 8.54.